The predicted molar refractivity (Wildman–Crippen MR) is 210 cm³/mol. The second kappa shape index (κ2) is 11.2. The lowest BCUT2D eigenvalue weighted by atomic mass is 9.98. The maximum Gasteiger partial charge on any atom is 0.143 e. The van der Waals surface area contributed by atoms with Crippen molar-refractivity contribution in [3.63, 3.8) is 0 Å². The second-order valence-corrected chi connectivity index (χ2v) is 13.6. The summed E-state index contributed by atoms with van der Waals surface area (Å²) in [6.45, 7) is 0. The minimum absolute atomic E-state index is 0.913. The molecular weight excluding hydrogens is 615 g/mol. The molecule has 0 atom stereocenters. The molecule has 0 unspecified atom stereocenters. The number of benzene rings is 8. The largest absolute Gasteiger partial charge is 0.455 e. The minimum atomic E-state index is 0.913. The Labute approximate surface area is 287 Å². The highest BCUT2D eigenvalue weighted by atomic mass is 32.1. The van der Waals surface area contributed by atoms with Crippen LogP contribution in [0.3, 0.4) is 0 Å². The number of anilines is 3. The van der Waals surface area contributed by atoms with Gasteiger partial charge in [0.05, 0.1) is 5.69 Å². The van der Waals surface area contributed by atoms with Gasteiger partial charge >= 0.3 is 0 Å². The summed E-state index contributed by atoms with van der Waals surface area (Å²) in [4.78, 5) is 2.40. The van der Waals surface area contributed by atoms with Crippen LogP contribution in [0.2, 0.25) is 0 Å². The minimum Gasteiger partial charge on any atom is -0.455 e. The molecule has 0 saturated carbocycles. The zero-order valence-corrected chi connectivity index (χ0v) is 27.3. The fourth-order valence-electron chi connectivity index (χ4n) is 7.40. The quantitative estimate of drug-likeness (QED) is 0.186. The molecule has 3 heteroatoms. The number of rotatable bonds is 5. The fraction of sp³-hybridized carbons (Fsp3) is 0. The van der Waals surface area contributed by atoms with Gasteiger partial charge in [-0.3, -0.25) is 0 Å². The molecule has 0 aliphatic heterocycles. The van der Waals surface area contributed by atoms with Crippen LogP contribution in [0, 0.1) is 0 Å². The zero-order chi connectivity index (χ0) is 32.3. The van der Waals surface area contributed by atoms with Crippen molar-refractivity contribution in [1.82, 2.24) is 0 Å². The van der Waals surface area contributed by atoms with Crippen LogP contribution >= 0.6 is 11.3 Å². The first kappa shape index (κ1) is 27.9. The summed E-state index contributed by atoms with van der Waals surface area (Å²) in [5.74, 6) is 0. The summed E-state index contributed by atoms with van der Waals surface area (Å²) in [7, 11) is 0. The van der Waals surface area contributed by atoms with Crippen molar-refractivity contribution in [3.05, 3.63) is 176 Å². The highest BCUT2D eigenvalue weighted by Crippen LogP contribution is 2.46. The SMILES string of the molecule is c1ccc2c(-c3ccc(N(c4ccc(-c5cccc6c5oc5ccccc56)cc4)c4cccc5sc6ccccc6c45)cc3)cccc2c1. The lowest BCUT2D eigenvalue weighted by Gasteiger charge is -2.27. The molecule has 0 fully saturated rings. The smallest absolute Gasteiger partial charge is 0.143 e. The van der Waals surface area contributed by atoms with Crippen molar-refractivity contribution in [2.24, 2.45) is 0 Å². The number of thiophene rings is 1. The van der Waals surface area contributed by atoms with E-state index in [9.17, 15) is 0 Å². The third kappa shape index (κ3) is 4.55. The van der Waals surface area contributed by atoms with Crippen LogP contribution in [-0.4, -0.2) is 0 Å². The molecule has 0 aliphatic rings. The molecular formula is C46H29NOS. The lowest BCUT2D eigenvalue weighted by Crippen LogP contribution is -2.10. The van der Waals surface area contributed by atoms with Crippen molar-refractivity contribution in [2.75, 3.05) is 4.90 Å². The van der Waals surface area contributed by atoms with Crippen LogP contribution < -0.4 is 4.90 Å². The number of nitrogens with zero attached hydrogens (tertiary/aromatic N) is 1. The van der Waals surface area contributed by atoms with Crippen LogP contribution in [0.15, 0.2) is 180 Å². The Morgan fingerprint density at radius 3 is 1.80 bits per heavy atom. The third-order valence-corrected chi connectivity index (χ3v) is 10.8. The van der Waals surface area contributed by atoms with Gasteiger partial charge < -0.3 is 9.32 Å². The van der Waals surface area contributed by atoms with E-state index in [1.54, 1.807) is 0 Å². The molecule has 0 amide bonds. The Balaban J connectivity index is 1.13. The van der Waals surface area contributed by atoms with Gasteiger partial charge in [0, 0.05) is 47.9 Å². The normalized spacial score (nSPS) is 11.7. The number of para-hydroxylation sites is 2. The van der Waals surface area contributed by atoms with Crippen LogP contribution in [0.25, 0.3) is 75.1 Å². The van der Waals surface area contributed by atoms with Gasteiger partial charge in [0.2, 0.25) is 0 Å². The van der Waals surface area contributed by atoms with E-state index >= 15 is 0 Å². The Kier molecular flexibility index (Phi) is 6.39. The molecule has 0 saturated heterocycles. The monoisotopic (exact) mass is 643 g/mol. The van der Waals surface area contributed by atoms with Crippen molar-refractivity contribution < 1.29 is 4.42 Å². The average molecular weight is 644 g/mol. The maximum atomic E-state index is 6.40. The maximum absolute atomic E-state index is 6.40. The molecule has 10 aromatic rings. The Hall–Kier alpha value is -6.16. The van der Waals surface area contributed by atoms with E-state index in [4.69, 9.17) is 4.42 Å². The molecule has 0 spiro atoms. The number of furan rings is 1. The van der Waals surface area contributed by atoms with Crippen LogP contribution in [0.1, 0.15) is 0 Å². The molecule has 230 valence electrons. The molecule has 0 bridgehead atoms. The summed E-state index contributed by atoms with van der Waals surface area (Å²) in [6.07, 6.45) is 0. The second-order valence-electron chi connectivity index (χ2n) is 12.5. The van der Waals surface area contributed by atoms with E-state index in [-0.39, 0.29) is 0 Å². The van der Waals surface area contributed by atoms with Crippen molar-refractivity contribution >= 4 is 81.3 Å². The van der Waals surface area contributed by atoms with Gasteiger partial charge in [0.1, 0.15) is 11.2 Å². The van der Waals surface area contributed by atoms with Crippen molar-refractivity contribution in [3.8, 4) is 22.3 Å². The van der Waals surface area contributed by atoms with Gasteiger partial charge in [-0.25, -0.2) is 0 Å². The number of hydrogen-bond acceptors (Lipinski definition) is 3. The number of fused-ring (bicyclic) bond motifs is 7. The topological polar surface area (TPSA) is 16.4 Å². The summed E-state index contributed by atoms with van der Waals surface area (Å²) >= 11 is 1.85. The van der Waals surface area contributed by atoms with E-state index < -0.39 is 0 Å². The standard InChI is InChI=1S/C46H29NOS/c1-2-12-35-30(10-1)11-7-15-36(35)31-22-26-33(27-23-31)47(41-18-9-21-44-45(41)40-14-4-6-20-43(40)49-44)34-28-24-32(25-29-34)37-16-8-17-39-38-13-3-5-19-42(38)48-46(37)39/h1-29H. The van der Waals surface area contributed by atoms with Gasteiger partial charge in [-0.15, -0.1) is 11.3 Å². The molecule has 8 aromatic carbocycles. The van der Waals surface area contributed by atoms with Crippen LogP contribution in [0.4, 0.5) is 17.1 Å². The zero-order valence-electron chi connectivity index (χ0n) is 26.5. The summed E-state index contributed by atoms with van der Waals surface area (Å²) in [5.41, 5.74) is 9.87. The third-order valence-electron chi connectivity index (χ3n) is 9.69. The Bertz CT molecular complexity index is 2820. The van der Waals surface area contributed by atoms with E-state index in [0.717, 1.165) is 44.4 Å². The highest BCUT2D eigenvalue weighted by molar-refractivity contribution is 7.26. The summed E-state index contributed by atoms with van der Waals surface area (Å²) < 4.78 is 8.98. The first-order valence-corrected chi connectivity index (χ1v) is 17.4. The highest BCUT2D eigenvalue weighted by Gasteiger charge is 2.19. The molecule has 10 rings (SSSR count). The molecule has 0 radical (unpaired) electrons. The molecule has 0 N–H and O–H groups in total. The van der Waals surface area contributed by atoms with Gasteiger partial charge in [0.25, 0.3) is 0 Å². The fourth-order valence-corrected chi connectivity index (χ4v) is 8.53. The van der Waals surface area contributed by atoms with E-state index in [1.165, 1.54) is 47.8 Å². The summed E-state index contributed by atoms with van der Waals surface area (Å²) in [5, 5.41) is 7.35. The van der Waals surface area contributed by atoms with E-state index in [2.05, 4.69) is 169 Å². The molecule has 0 aliphatic carbocycles. The molecule has 2 heterocycles. The van der Waals surface area contributed by atoms with Gasteiger partial charge in [-0.2, -0.15) is 0 Å². The van der Waals surface area contributed by atoms with Gasteiger partial charge in [0.15, 0.2) is 0 Å². The average Bonchev–Trinajstić information content (AvgIpc) is 3.74. The van der Waals surface area contributed by atoms with Gasteiger partial charge in [-0.05, 0) is 76.0 Å². The Morgan fingerprint density at radius 2 is 0.980 bits per heavy atom. The first-order chi connectivity index (χ1) is 24.3. The predicted octanol–water partition coefficient (Wildman–Crippen LogP) is 13.9. The Morgan fingerprint density at radius 1 is 0.408 bits per heavy atom. The van der Waals surface area contributed by atoms with E-state index in [0.29, 0.717) is 0 Å². The van der Waals surface area contributed by atoms with Crippen molar-refractivity contribution in [1.29, 1.82) is 0 Å². The molecule has 49 heavy (non-hydrogen) atoms. The van der Waals surface area contributed by atoms with Gasteiger partial charge in [-0.1, -0.05) is 127 Å². The van der Waals surface area contributed by atoms with Crippen LogP contribution in [0.5, 0.6) is 0 Å². The summed E-state index contributed by atoms with van der Waals surface area (Å²) in [6, 6.07) is 63.2. The van der Waals surface area contributed by atoms with Crippen molar-refractivity contribution in [2.45, 2.75) is 0 Å². The lowest BCUT2D eigenvalue weighted by molar-refractivity contribution is 0.670. The van der Waals surface area contributed by atoms with Crippen LogP contribution in [-0.2, 0) is 0 Å². The molecule has 2 aromatic heterocycles. The molecule has 2 nitrogen and oxygen atoms in total. The first-order valence-electron chi connectivity index (χ1n) is 16.6. The van der Waals surface area contributed by atoms with E-state index in [1.807, 2.05) is 23.5 Å². The number of hydrogen-bond donors (Lipinski definition) is 0.